The molecule has 1 aromatic heterocycles. The van der Waals surface area contributed by atoms with E-state index in [0.29, 0.717) is 36.6 Å². The molecule has 1 fully saturated rings. The fraction of sp³-hybridized carbons (Fsp3) is 0.400. The number of nitrogen functional groups attached to an aromatic ring is 1. The van der Waals surface area contributed by atoms with Crippen molar-refractivity contribution in [3.63, 3.8) is 0 Å². The zero-order chi connectivity index (χ0) is 14.9. The Kier molecular flexibility index (Phi) is 3.84. The number of carbonyl (C=O) groups is 1. The number of nitrogens with one attached hydrogen (secondary N) is 1. The van der Waals surface area contributed by atoms with Gasteiger partial charge in [0.15, 0.2) is 0 Å². The lowest BCUT2D eigenvalue weighted by molar-refractivity contribution is 0.0126. The van der Waals surface area contributed by atoms with Gasteiger partial charge >= 0.3 is 0 Å². The Hall–Kier alpha value is -1.63. The second-order valence-corrected chi connectivity index (χ2v) is 6.50. The number of nitrogens with two attached hydrogens (primary N) is 1. The Bertz CT molecular complexity index is 662. The number of carbonyl (C=O) groups excluding carboxylic acids is 1. The van der Waals surface area contributed by atoms with Crippen molar-refractivity contribution in [3.05, 3.63) is 29.1 Å². The number of amides is 1. The molecule has 112 valence electrons. The van der Waals surface area contributed by atoms with E-state index in [2.05, 4.69) is 5.32 Å². The fourth-order valence-electron chi connectivity index (χ4n) is 2.56. The minimum absolute atomic E-state index is 0.0695. The number of hydrogen-bond donors (Lipinski definition) is 3. The number of hydrogen-bond acceptors (Lipinski definition) is 5. The largest absolute Gasteiger partial charge is 0.399 e. The summed E-state index contributed by atoms with van der Waals surface area (Å²) in [5.74, 6) is -0.147. The molecule has 2 heterocycles. The van der Waals surface area contributed by atoms with Crippen molar-refractivity contribution < 1.29 is 14.6 Å². The molecule has 0 unspecified atom stereocenters. The van der Waals surface area contributed by atoms with E-state index in [1.807, 2.05) is 24.3 Å². The zero-order valence-electron chi connectivity index (χ0n) is 11.6. The maximum Gasteiger partial charge on any atom is 0.261 e. The maximum atomic E-state index is 12.4. The van der Waals surface area contributed by atoms with E-state index < -0.39 is 5.54 Å². The number of anilines is 1. The van der Waals surface area contributed by atoms with E-state index in [4.69, 9.17) is 10.5 Å². The van der Waals surface area contributed by atoms with Gasteiger partial charge in [-0.25, -0.2) is 0 Å². The van der Waals surface area contributed by atoms with Crippen LogP contribution in [-0.2, 0) is 4.74 Å². The summed E-state index contributed by atoms with van der Waals surface area (Å²) in [6.45, 7) is 1.05. The number of fused-ring (bicyclic) bond motifs is 1. The second kappa shape index (κ2) is 5.63. The van der Waals surface area contributed by atoms with E-state index in [1.54, 1.807) is 0 Å². The van der Waals surface area contributed by atoms with Gasteiger partial charge in [-0.3, -0.25) is 4.79 Å². The van der Waals surface area contributed by atoms with Crippen LogP contribution in [0.4, 0.5) is 5.69 Å². The van der Waals surface area contributed by atoms with Gasteiger partial charge in [-0.1, -0.05) is 0 Å². The van der Waals surface area contributed by atoms with Crippen molar-refractivity contribution in [2.75, 3.05) is 25.6 Å². The SMILES string of the molecule is Nc1ccc2sc(C(=O)NC3(CO)CCOCC3)cc2c1. The van der Waals surface area contributed by atoms with Crippen LogP contribution in [0, 0.1) is 0 Å². The molecule has 2 aromatic rings. The maximum absolute atomic E-state index is 12.4. The second-order valence-electron chi connectivity index (χ2n) is 5.41. The highest BCUT2D eigenvalue weighted by Crippen LogP contribution is 2.28. The van der Waals surface area contributed by atoms with Crippen LogP contribution < -0.4 is 11.1 Å². The molecular weight excluding hydrogens is 288 g/mol. The first-order valence-electron chi connectivity index (χ1n) is 6.92. The summed E-state index contributed by atoms with van der Waals surface area (Å²) < 4.78 is 6.33. The minimum Gasteiger partial charge on any atom is -0.399 e. The van der Waals surface area contributed by atoms with Gasteiger partial charge in [0.2, 0.25) is 0 Å². The standard InChI is InChI=1S/C15H18N2O3S/c16-11-1-2-12-10(7-11)8-13(21-12)14(19)17-15(9-18)3-5-20-6-4-15/h1-2,7-8,18H,3-6,9,16H2,(H,17,19). The monoisotopic (exact) mass is 306 g/mol. The molecule has 1 aliphatic rings. The molecule has 1 aromatic carbocycles. The van der Waals surface area contributed by atoms with Crippen LogP contribution in [0.3, 0.4) is 0 Å². The summed E-state index contributed by atoms with van der Waals surface area (Å²) in [4.78, 5) is 13.1. The van der Waals surface area contributed by atoms with Gasteiger partial charge in [-0.05, 0) is 42.5 Å². The van der Waals surface area contributed by atoms with E-state index in [-0.39, 0.29) is 12.5 Å². The molecule has 0 atom stereocenters. The first-order valence-corrected chi connectivity index (χ1v) is 7.74. The molecule has 1 aliphatic heterocycles. The van der Waals surface area contributed by atoms with Crippen molar-refractivity contribution in [1.82, 2.24) is 5.32 Å². The lowest BCUT2D eigenvalue weighted by Gasteiger charge is -2.36. The van der Waals surface area contributed by atoms with Crippen LogP contribution >= 0.6 is 11.3 Å². The summed E-state index contributed by atoms with van der Waals surface area (Å²) in [5, 5.41) is 13.6. The van der Waals surface area contributed by atoms with E-state index in [9.17, 15) is 9.90 Å². The number of thiophene rings is 1. The van der Waals surface area contributed by atoms with Crippen LogP contribution in [-0.4, -0.2) is 36.4 Å². The van der Waals surface area contributed by atoms with Crippen molar-refractivity contribution in [2.24, 2.45) is 0 Å². The Labute approximate surface area is 126 Å². The predicted octanol–water partition coefficient (Wildman–Crippen LogP) is 1.75. The third-order valence-corrected chi connectivity index (χ3v) is 5.01. The molecule has 21 heavy (non-hydrogen) atoms. The third kappa shape index (κ3) is 2.88. The highest BCUT2D eigenvalue weighted by molar-refractivity contribution is 7.20. The molecule has 5 nitrogen and oxygen atoms in total. The van der Waals surface area contributed by atoms with Crippen molar-refractivity contribution in [2.45, 2.75) is 18.4 Å². The van der Waals surface area contributed by atoms with Crippen LogP contribution in [0.5, 0.6) is 0 Å². The molecule has 0 bridgehead atoms. The summed E-state index contributed by atoms with van der Waals surface area (Å²) in [6, 6.07) is 7.45. The summed E-state index contributed by atoms with van der Waals surface area (Å²) in [5.41, 5.74) is 5.88. The molecule has 0 aliphatic carbocycles. The van der Waals surface area contributed by atoms with Gasteiger partial charge in [0.25, 0.3) is 5.91 Å². The molecule has 1 saturated heterocycles. The van der Waals surface area contributed by atoms with Crippen molar-refractivity contribution in [1.29, 1.82) is 0 Å². The molecule has 0 radical (unpaired) electrons. The smallest absolute Gasteiger partial charge is 0.261 e. The van der Waals surface area contributed by atoms with E-state index in [1.165, 1.54) is 11.3 Å². The topological polar surface area (TPSA) is 84.6 Å². The molecule has 3 rings (SSSR count). The molecule has 0 saturated carbocycles. The van der Waals surface area contributed by atoms with Gasteiger partial charge in [0, 0.05) is 23.6 Å². The average molecular weight is 306 g/mol. The zero-order valence-corrected chi connectivity index (χ0v) is 12.4. The number of ether oxygens (including phenoxy) is 1. The van der Waals surface area contributed by atoms with Crippen LogP contribution in [0.25, 0.3) is 10.1 Å². The molecule has 4 N–H and O–H groups in total. The Morgan fingerprint density at radius 3 is 2.86 bits per heavy atom. The summed E-state index contributed by atoms with van der Waals surface area (Å²) >= 11 is 1.43. The Morgan fingerprint density at radius 1 is 1.38 bits per heavy atom. The van der Waals surface area contributed by atoms with Crippen molar-refractivity contribution >= 4 is 33.0 Å². The fourth-order valence-corrected chi connectivity index (χ4v) is 3.50. The number of rotatable bonds is 3. The van der Waals surface area contributed by atoms with Gasteiger partial charge in [0.05, 0.1) is 17.0 Å². The highest BCUT2D eigenvalue weighted by Gasteiger charge is 2.34. The van der Waals surface area contributed by atoms with E-state index >= 15 is 0 Å². The minimum atomic E-state index is -0.565. The van der Waals surface area contributed by atoms with Crippen LogP contribution in [0.2, 0.25) is 0 Å². The average Bonchev–Trinajstić information content (AvgIpc) is 2.91. The predicted molar refractivity (Wildman–Crippen MR) is 83.6 cm³/mol. The van der Waals surface area contributed by atoms with Crippen LogP contribution in [0.1, 0.15) is 22.5 Å². The molecule has 6 heteroatoms. The van der Waals surface area contributed by atoms with Gasteiger partial charge in [-0.15, -0.1) is 11.3 Å². The number of benzene rings is 1. The quantitative estimate of drug-likeness (QED) is 0.754. The van der Waals surface area contributed by atoms with Gasteiger partial charge < -0.3 is 20.9 Å². The summed E-state index contributed by atoms with van der Waals surface area (Å²) in [6.07, 6.45) is 1.26. The molecular formula is C15H18N2O3S. The lowest BCUT2D eigenvalue weighted by atomic mass is 9.91. The Balaban J connectivity index is 1.82. The first-order chi connectivity index (χ1) is 10.1. The number of aliphatic hydroxyl groups excluding tert-OH is 1. The third-order valence-electron chi connectivity index (χ3n) is 3.90. The molecule has 1 amide bonds. The summed E-state index contributed by atoms with van der Waals surface area (Å²) in [7, 11) is 0. The molecule has 0 spiro atoms. The number of aliphatic hydroxyl groups is 1. The highest BCUT2D eigenvalue weighted by atomic mass is 32.1. The van der Waals surface area contributed by atoms with Crippen LogP contribution in [0.15, 0.2) is 24.3 Å². The normalized spacial score (nSPS) is 17.8. The van der Waals surface area contributed by atoms with Gasteiger partial charge in [-0.2, -0.15) is 0 Å². The lowest BCUT2D eigenvalue weighted by Crippen LogP contribution is -2.54. The van der Waals surface area contributed by atoms with Crippen molar-refractivity contribution in [3.8, 4) is 0 Å². The first kappa shape index (κ1) is 14.3. The van der Waals surface area contributed by atoms with Gasteiger partial charge in [0.1, 0.15) is 0 Å². The van der Waals surface area contributed by atoms with E-state index in [0.717, 1.165) is 10.1 Å². The Morgan fingerprint density at radius 2 is 2.14 bits per heavy atom.